The zero-order valence-corrected chi connectivity index (χ0v) is 11.4. The molecule has 1 atom stereocenters. The van der Waals surface area contributed by atoms with Crippen LogP contribution < -0.4 is 5.32 Å². The van der Waals surface area contributed by atoms with Crippen molar-refractivity contribution in [1.29, 1.82) is 0 Å². The van der Waals surface area contributed by atoms with E-state index in [1.165, 1.54) is 0 Å². The van der Waals surface area contributed by atoms with Crippen LogP contribution in [0.3, 0.4) is 0 Å². The highest BCUT2D eigenvalue weighted by molar-refractivity contribution is 6.53. The number of hydrogen-bond donors (Lipinski definition) is 1. The van der Waals surface area contributed by atoms with Gasteiger partial charge >= 0.3 is 0 Å². The van der Waals surface area contributed by atoms with Crippen molar-refractivity contribution in [2.45, 2.75) is 31.5 Å². The largest absolute Gasteiger partial charge is 0.294 e. The Balaban J connectivity index is 2.15. The maximum absolute atomic E-state index is 12.0. The number of hydrogen-bond acceptors (Lipinski definition) is 3. The van der Waals surface area contributed by atoms with Gasteiger partial charge in [0.15, 0.2) is 0 Å². The Morgan fingerprint density at radius 3 is 2.24 bits per heavy atom. The first-order valence-electron chi connectivity index (χ1n) is 5.26. The van der Waals surface area contributed by atoms with Crippen molar-refractivity contribution >= 4 is 35.1 Å². The zero-order valence-electron chi connectivity index (χ0n) is 9.84. The van der Waals surface area contributed by atoms with Gasteiger partial charge in [-0.25, -0.2) is 9.97 Å². The minimum atomic E-state index is -0.976. The van der Waals surface area contributed by atoms with Crippen LogP contribution in [-0.2, 0) is 4.79 Å². The van der Waals surface area contributed by atoms with Gasteiger partial charge in [0.1, 0.15) is 4.33 Å². The van der Waals surface area contributed by atoms with E-state index in [1.807, 2.05) is 19.9 Å². The van der Waals surface area contributed by atoms with Gasteiger partial charge in [0.2, 0.25) is 11.9 Å². The van der Waals surface area contributed by atoms with Crippen LogP contribution in [0.2, 0.25) is 0 Å². The van der Waals surface area contributed by atoms with Gasteiger partial charge in [-0.1, -0.05) is 0 Å². The Kier molecular flexibility index (Phi) is 2.83. The molecule has 0 aliphatic heterocycles. The van der Waals surface area contributed by atoms with E-state index in [4.69, 9.17) is 23.2 Å². The first-order valence-corrected chi connectivity index (χ1v) is 6.02. The number of alkyl halides is 2. The highest BCUT2D eigenvalue weighted by atomic mass is 35.5. The first kappa shape index (κ1) is 12.6. The summed E-state index contributed by atoms with van der Waals surface area (Å²) in [6.45, 7) is 5.41. The zero-order chi connectivity index (χ0) is 12.8. The van der Waals surface area contributed by atoms with Crippen LogP contribution >= 0.6 is 23.2 Å². The number of nitrogens with one attached hydrogen (secondary N) is 1. The van der Waals surface area contributed by atoms with E-state index in [0.717, 1.165) is 11.4 Å². The molecule has 4 nitrogen and oxygen atoms in total. The molecule has 1 N–H and O–H groups in total. The molecule has 1 heterocycles. The predicted octanol–water partition coefficient (Wildman–Crippen LogP) is 2.62. The van der Waals surface area contributed by atoms with Crippen molar-refractivity contribution in [1.82, 2.24) is 9.97 Å². The van der Waals surface area contributed by atoms with E-state index >= 15 is 0 Å². The summed E-state index contributed by atoms with van der Waals surface area (Å²) >= 11 is 11.9. The lowest BCUT2D eigenvalue weighted by Gasteiger charge is -2.12. The van der Waals surface area contributed by atoms with Crippen LogP contribution in [0.5, 0.6) is 0 Å². The first-order chi connectivity index (χ1) is 7.74. The molecule has 0 unspecified atom stereocenters. The number of nitrogens with zero attached hydrogens (tertiary/aromatic N) is 2. The Bertz CT molecular complexity index is 469. The topological polar surface area (TPSA) is 54.9 Å². The van der Waals surface area contributed by atoms with Crippen LogP contribution in [0.25, 0.3) is 0 Å². The molecule has 1 saturated carbocycles. The molecular weight excluding hydrogens is 261 g/mol. The molecule has 92 valence electrons. The lowest BCUT2D eigenvalue weighted by Crippen LogP contribution is -2.27. The monoisotopic (exact) mass is 273 g/mol. The van der Waals surface area contributed by atoms with Crippen LogP contribution in [0, 0.1) is 19.3 Å². The molecule has 0 spiro atoms. The van der Waals surface area contributed by atoms with Gasteiger partial charge in [-0.05, 0) is 33.3 Å². The van der Waals surface area contributed by atoms with E-state index in [0.29, 0.717) is 12.4 Å². The summed E-state index contributed by atoms with van der Waals surface area (Å²) in [5.74, 6) is 0.0530. The molecule has 1 aliphatic rings. The molecule has 0 aromatic carbocycles. The van der Waals surface area contributed by atoms with Crippen molar-refractivity contribution < 1.29 is 4.79 Å². The lowest BCUT2D eigenvalue weighted by molar-refractivity contribution is -0.120. The predicted molar refractivity (Wildman–Crippen MR) is 67.3 cm³/mol. The van der Waals surface area contributed by atoms with Gasteiger partial charge in [-0.2, -0.15) is 0 Å². The second-order valence-corrected chi connectivity index (χ2v) is 6.13. The van der Waals surface area contributed by atoms with Crippen LogP contribution in [0.15, 0.2) is 6.07 Å². The van der Waals surface area contributed by atoms with Crippen LogP contribution in [-0.4, -0.2) is 20.2 Å². The SMILES string of the molecule is Cc1cc(C)nc(NC(=O)[C@@]2(C)CC2(Cl)Cl)n1. The third kappa shape index (κ3) is 2.24. The number of carbonyl (C=O) groups is 1. The summed E-state index contributed by atoms with van der Waals surface area (Å²) in [6.07, 6.45) is 0.444. The van der Waals surface area contributed by atoms with E-state index in [2.05, 4.69) is 15.3 Å². The van der Waals surface area contributed by atoms with Crippen LogP contribution in [0.4, 0.5) is 5.95 Å². The minimum Gasteiger partial charge on any atom is -0.294 e. The fourth-order valence-corrected chi connectivity index (χ4v) is 2.37. The fraction of sp³-hybridized carbons (Fsp3) is 0.545. The fourth-order valence-electron chi connectivity index (χ4n) is 1.67. The Morgan fingerprint density at radius 2 is 1.82 bits per heavy atom. The smallest absolute Gasteiger partial charge is 0.235 e. The molecular formula is C11H13Cl2N3O. The summed E-state index contributed by atoms with van der Waals surface area (Å²) < 4.78 is -0.976. The van der Waals surface area contributed by atoms with Gasteiger partial charge in [0.25, 0.3) is 0 Å². The van der Waals surface area contributed by atoms with Gasteiger partial charge in [0.05, 0.1) is 5.41 Å². The van der Waals surface area contributed by atoms with Crippen molar-refractivity contribution in [2.24, 2.45) is 5.41 Å². The summed E-state index contributed by atoms with van der Waals surface area (Å²) in [7, 11) is 0. The van der Waals surface area contributed by atoms with Crippen molar-refractivity contribution in [2.75, 3.05) is 5.32 Å². The highest BCUT2D eigenvalue weighted by Crippen LogP contribution is 2.64. The van der Waals surface area contributed by atoms with Crippen molar-refractivity contribution in [3.05, 3.63) is 17.5 Å². The van der Waals surface area contributed by atoms with Crippen LogP contribution in [0.1, 0.15) is 24.7 Å². The molecule has 6 heteroatoms. The number of anilines is 1. The van der Waals surface area contributed by atoms with Gasteiger partial charge in [-0.15, -0.1) is 23.2 Å². The normalized spacial score (nSPS) is 25.5. The molecule has 2 rings (SSSR count). The maximum atomic E-state index is 12.0. The summed E-state index contributed by atoms with van der Waals surface area (Å²) in [4.78, 5) is 20.2. The molecule has 0 saturated heterocycles. The Hall–Kier alpha value is -0.870. The Labute approximate surface area is 110 Å². The average Bonchev–Trinajstić information content (AvgIpc) is 2.65. The summed E-state index contributed by atoms with van der Waals surface area (Å²) in [5, 5.41) is 2.65. The molecule has 1 aromatic heterocycles. The highest BCUT2D eigenvalue weighted by Gasteiger charge is 2.68. The van der Waals surface area contributed by atoms with Gasteiger partial charge < -0.3 is 0 Å². The molecule has 0 radical (unpaired) electrons. The summed E-state index contributed by atoms with van der Waals surface area (Å²) in [6, 6.07) is 1.84. The van der Waals surface area contributed by atoms with Crippen molar-refractivity contribution in [3.8, 4) is 0 Å². The molecule has 1 fully saturated rings. The summed E-state index contributed by atoms with van der Waals surface area (Å²) in [5.41, 5.74) is 0.852. The average molecular weight is 274 g/mol. The van der Waals surface area contributed by atoms with Gasteiger partial charge in [-0.3, -0.25) is 10.1 Å². The second-order valence-electron chi connectivity index (χ2n) is 4.64. The number of halogens is 2. The lowest BCUT2D eigenvalue weighted by atomic mass is 10.1. The van der Waals surface area contributed by atoms with E-state index in [1.54, 1.807) is 6.92 Å². The number of carbonyl (C=O) groups excluding carboxylic acids is 1. The van der Waals surface area contributed by atoms with E-state index < -0.39 is 9.75 Å². The molecule has 1 aromatic rings. The molecule has 1 aliphatic carbocycles. The minimum absolute atomic E-state index is 0.243. The molecule has 1 amide bonds. The maximum Gasteiger partial charge on any atom is 0.235 e. The number of amides is 1. The molecule has 17 heavy (non-hydrogen) atoms. The van der Waals surface area contributed by atoms with Gasteiger partial charge in [0, 0.05) is 11.4 Å². The molecule has 0 bridgehead atoms. The third-order valence-electron chi connectivity index (χ3n) is 2.97. The number of rotatable bonds is 2. The van der Waals surface area contributed by atoms with E-state index in [9.17, 15) is 4.79 Å². The second kappa shape index (κ2) is 3.82. The number of aromatic nitrogens is 2. The standard InChI is InChI=1S/C11H13Cl2N3O/c1-6-4-7(2)15-9(14-6)16-8(17)10(3)5-11(10,12)13/h4H,5H2,1-3H3,(H,14,15,16,17)/t10-/m1/s1. The number of aryl methyl sites for hydroxylation is 2. The quantitative estimate of drug-likeness (QED) is 0.843. The Morgan fingerprint density at radius 1 is 1.35 bits per heavy atom. The van der Waals surface area contributed by atoms with E-state index in [-0.39, 0.29) is 5.91 Å². The third-order valence-corrected chi connectivity index (χ3v) is 4.07. The van der Waals surface area contributed by atoms with Crippen molar-refractivity contribution in [3.63, 3.8) is 0 Å².